The maximum atomic E-state index is 5.78. The van der Waals surface area contributed by atoms with Gasteiger partial charge in [0.15, 0.2) is 0 Å². The summed E-state index contributed by atoms with van der Waals surface area (Å²) in [6.07, 6.45) is 3.23. The van der Waals surface area contributed by atoms with Crippen LogP contribution >= 0.6 is 0 Å². The van der Waals surface area contributed by atoms with E-state index < -0.39 is 0 Å². The lowest BCUT2D eigenvalue weighted by molar-refractivity contribution is 0.528. The molecule has 1 unspecified atom stereocenters. The molecule has 1 heterocycles. The molecule has 0 aliphatic heterocycles. The van der Waals surface area contributed by atoms with Gasteiger partial charge in [-0.05, 0) is 18.1 Å². The fourth-order valence-electron chi connectivity index (χ4n) is 1.72. The molecule has 0 bridgehead atoms. The Labute approximate surface area is 88.8 Å². The molecule has 2 N–H and O–H groups in total. The van der Waals surface area contributed by atoms with Crippen LogP contribution in [-0.2, 0) is 0 Å². The molecule has 15 heavy (non-hydrogen) atoms. The van der Waals surface area contributed by atoms with Crippen LogP contribution in [0.2, 0.25) is 0 Å². The molecular formula is C11H14N4. The van der Waals surface area contributed by atoms with Crippen molar-refractivity contribution in [1.82, 2.24) is 14.8 Å². The van der Waals surface area contributed by atoms with Crippen LogP contribution in [0.5, 0.6) is 0 Å². The van der Waals surface area contributed by atoms with Crippen LogP contribution in [0.25, 0.3) is 0 Å². The summed E-state index contributed by atoms with van der Waals surface area (Å²) in [6, 6.07) is 8.27. The Bertz CT molecular complexity index is 422. The van der Waals surface area contributed by atoms with Crippen LogP contribution in [-0.4, -0.2) is 21.3 Å². The molecule has 0 radical (unpaired) electrons. The quantitative estimate of drug-likeness (QED) is 0.811. The summed E-state index contributed by atoms with van der Waals surface area (Å²) in [7, 11) is 0. The van der Waals surface area contributed by atoms with Gasteiger partial charge in [0.05, 0.1) is 6.04 Å². The van der Waals surface area contributed by atoms with Crippen LogP contribution in [0, 0.1) is 6.92 Å². The van der Waals surface area contributed by atoms with E-state index in [1.54, 1.807) is 11.0 Å². The van der Waals surface area contributed by atoms with Gasteiger partial charge in [0.1, 0.15) is 12.7 Å². The van der Waals surface area contributed by atoms with Crippen LogP contribution < -0.4 is 5.73 Å². The van der Waals surface area contributed by atoms with E-state index in [9.17, 15) is 0 Å². The van der Waals surface area contributed by atoms with Crippen molar-refractivity contribution < 1.29 is 0 Å². The molecule has 0 amide bonds. The standard InChI is InChI=1S/C11H14N4/c1-9-4-2-3-5-10(9)11(6-12)15-8-13-7-14-15/h2-5,7-8,11H,6,12H2,1H3. The summed E-state index contributed by atoms with van der Waals surface area (Å²) in [6.45, 7) is 2.60. The number of aryl methyl sites for hydroxylation is 1. The summed E-state index contributed by atoms with van der Waals surface area (Å²) >= 11 is 0. The van der Waals surface area contributed by atoms with E-state index in [2.05, 4.69) is 29.1 Å². The first-order valence-corrected chi connectivity index (χ1v) is 4.92. The van der Waals surface area contributed by atoms with Crippen molar-refractivity contribution in [2.75, 3.05) is 6.54 Å². The van der Waals surface area contributed by atoms with E-state index in [4.69, 9.17) is 5.73 Å². The molecule has 2 aromatic rings. The highest BCUT2D eigenvalue weighted by molar-refractivity contribution is 5.29. The van der Waals surface area contributed by atoms with Crippen molar-refractivity contribution in [2.24, 2.45) is 5.73 Å². The van der Waals surface area contributed by atoms with Crippen LogP contribution in [0.1, 0.15) is 17.2 Å². The molecule has 1 aromatic carbocycles. The predicted octanol–water partition coefficient (Wildman–Crippen LogP) is 1.13. The second-order valence-corrected chi connectivity index (χ2v) is 3.48. The average Bonchev–Trinajstić information content (AvgIpc) is 2.75. The second-order valence-electron chi connectivity index (χ2n) is 3.48. The number of rotatable bonds is 3. The molecule has 2 rings (SSSR count). The van der Waals surface area contributed by atoms with Gasteiger partial charge in [-0.3, -0.25) is 0 Å². The molecule has 0 aliphatic carbocycles. The molecule has 1 aromatic heterocycles. The molecule has 0 saturated carbocycles. The number of nitrogens with two attached hydrogens (primary N) is 1. The number of aromatic nitrogens is 3. The summed E-state index contributed by atoms with van der Waals surface area (Å²) in [4.78, 5) is 3.94. The maximum absolute atomic E-state index is 5.78. The minimum absolute atomic E-state index is 0.0775. The van der Waals surface area contributed by atoms with Crippen LogP contribution in [0.3, 0.4) is 0 Å². The molecule has 0 spiro atoms. The van der Waals surface area contributed by atoms with E-state index in [-0.39, 0.29) is 6.04 Å². The lowest BCUT2D eigenvalue weighted by Gasteiger charge is -2.17. The van der Waals surface area contributed by atoms with Crippen molar-refractivity contribution >= 4 is 0 Å². The zero-order valence-electron chi connectivity index (χ0n) is 8.67. The Morgan fingerprint density at radius 2 is 2.20 bits per heavy atom. The predicted molar refractivity (Wildman–Crippen MR) is 58.4 cm³/mol. The highest BCUT2D eigenvalue weighted by Crippen LogP contribution is 2.19. The first kappa shape index (κ1) is 9.86. The van der Waals surface area contributed by atoms with E-state index >= 15 is 0 Å². The number of nitrogens with zero attached hydrogens (tertiary/aromatic N) is 3. The lowest BCUT2D eigenvalue weighted by Crippen LogP contribution is -2.21. The third-order valence-corrected chi connectivity index (χ3v) is 2.53. The van der Waals surface area contributed by atoms with E-state index in [1.165, 1.54) is 17.5 Å². The Kier molecular flexibility index (Phi) is 2.78. The SMILES string of the molecule is Cc1ccccc1C(CN)n1cncn1. The monoisotopic (exact) mass is 202 g/mol. The molecule has 4 nitrogen and oxygen atoms in total. The van der Waals surface area contributed by atoms with Gasteiger partial charge in [-0.2, -0.15) is 5.10 Å². The Morgan fingerprint density at radius 3 is 2.80 bits per heavy atom. The van der Waals surface area contributed by atoms with Crippen LogP contribution in [0.15, 0.2) is 36.9 Å². The Morgan fingerprint density at radius 1 is 1.40 bits per heavy atom. The van der Waals surface area contributed by atoms with Gasteiger partial charge < -0.3 is 5.73 Å². The topological polar surface area (TPSA) is 56.7 Å². The minimum Gasteiger partial charge on any atom is -0.328 e. The zero-order chi connectivity index (χ0) is 10.7. The van der Waals surface area contributed by atoms with Gasteiger partial charge in [-0.15, -0.1) is 0 Å². The summed E-state index contributed by atoms with van der Waals surface area (Å²) in [5.41, 5.74) is 8.20. The van der Waals surface area contributed by atoms with E-state index in [1.807, 2.05) is 12.1 Å². The van der Waals surface area contributed by atoms with Crippen molar-refractivity contribution in [1.29, 1.82) is 0 Å². The van der Waals surface area contributed by atoms with Gasteiger partial charge in [0.2, 0.25) is 0 Å². The van der Waals surface area contributed by atoms with E-state index in [0.29, 0.717) is 6.54 Å². The Balaban J connectivity index is 2.40. The largest absolute Gasteiger partial charge is 0.328 e. The molecule has 0 saturated heterocycles. The highest BCUT2D eigenvalue weighted by Gasteiger charge is 2.13. The molecular weight excluding hydrogens is 188 g/mol. The fourth-order valence-corrected chi connectivity index (χ4v) is 1.72. The van der Waals surface area contributed by atoms with E-state index in [0.717, 1.165) is 0 Å². The highest BCUT2D eigenvalue weighted by atomic mass is 15.3. The first-order valence-electron chi connectivity index (χ1n) is 4.92. The molecule has 78 valence electrons. The zero-order valence-corrected chi connectivity index (χ0v) is 8.67. The van der Waals surface area contributed by atoms with Gasteiger partial charge in [-0.1, -0.05) is 24.3 Å². The van der Waals surface area contributed by atoms with Crippen molar-refractivity contribution in [3.05, 3.63) is 48.0 Å². The van der Waals surface area contributed by atoms with Crippen LogP contribution in [0.4, 0.5) is 0 Å². The number of hydrogen-bond donors (Lipinski definition) is 1. The third kappa shape index (κ3) is 1.89. The molecule has 4 heteroatoms. The molecule has 0 aliphatic rings. The number of benzene rings is 1. The Hall–Kier alpha value is -1.68. The lowest BCUT2D eigenvalue weighted by atomic mass is 10.0. The minimum atomic E-state index is 0.0775. The smallest absolute Gasteiger partial charge is 0.137 e. The summed E-state index contributed by atoms with van der Waals surface area (Å²) < 4.78 is 1.79. The summed E-state index contributed by atoms with van der Waals surface area (Å²) in [5, 5.41) is 4.13. The average molecular weight is 202 g/mol. The van der Waals surface area contributed by atoms with Gasteiger partial charge >= 0.3 is 0 Å². The van der Waals surface area contributed by atoms with Gasteiger partial charge in [0.25, 0.3) is 0 Å². The third-order valence-electron chi connectivity index (χ3n) is 2.53. The van der Waals surface area contributed by atoms with Crippen molar-refractivity contribution in [3.63, 3.8) is 0 Å². The van der Waals surface area contributed by atoms with Crippen molar-refractivity contribution in [3.8, 4) is 0 Å². The number of hydrogen-bond acceptors (Lipinski definition) is 3. The normalized spacial score (nSPS) is 12.7. The van der Waals surface area contributed by atoms with Gasteiger partial charge in [-0.25, -0.2) is 9.67 Å². The summed E-state index contributed by atoms with van der Waals surface area (Å²) in [5.74, 6) is 0. The second kappa shape index (κ2) is 4.23. The molecule has 0 fully saturated rings. The molecule has 1 atom stereocenters. The van der Waals surface area contributed by atoms with Crippen molar-refractivity contribution in [2.45, 2.75) is 13.0 Å². The van der Waals surface area contributed by atoms with Gasteiger partial charge in [0, 0.05) is 6.54 Å². The fraction of sp³-hybridized carbons (Fsp3) is 0.273. The maximum Gasteiger partial charge on any atom is 0.137 e. The first-order chi connectivity index (χ1) is 7.33.